The summed E-state index contributed by atoms with van der Waals surface area (Å²) in [5.41, 5.74) is 2.94. The summed E-state index contributed by atoms with van der Waals surface area (Å²) in [6.07, 6.45) is 8.21. The van der Waals surface area contributed by atoms with Crippen LogP contribution in [0.3, 0.4) is 0 Å². The number of anilines is 1. The van der Waals surface area contributed by atoms with Crippen molar-refractivity contribution in [1.29, 1.82) is 0 Å². The van der Waals surface area contributed by atoms with Crippen LogP contribution in [0.5, 0.6) is 5.75 Å². The van der Waals surface area contributed by atoms with Crippen molar-refractivity contribution in [3.8, 4) is 5.75 Å². The molecular formula is C38H56N4O8. The maximum Gasteiger partial charge on any atom is 0.255 e. The van der Waals surface area contributed by atoms with Gasteiger partial charge in [-0.15, -0.1) is 0 Å². The summed E-state index contributed by atoms with van der Waals surface area (Å²) in [7, 11) is 3.44. The van der Waals surface area contributed by atoms with Gasteiger partial charge < -0.3 is 44.6 Å². The number of likely N-dealkylation sites (N-methyl/N-ethyl adjacent to an activating group) is 1. The Bertz CT molecular complexity index is 1320. The zero-order chi connectivity index (χ0) is 35.8. The van der Waals surface area contributed by atoms with E-state index in [-0.39, 0.29) is 37.1 Å². The van der Waals surface area contributed by atoms with Crippen LogP contribution in [0.1, 0.15) is 85.7 Å². The van der Waals surface area contributed by atoms with Crippen LogP contribution in [0.15, 0.2) is 42.5 Å². The van der Waals surface area contributed by atoms with E-state index in [0.29, 0.717) is 62.7 Å². The van der Waals surface area contributed by atoms with Gasteiger partial charge in [0.15, 0.2) is 0 Å². The maximum atomic E-state index is 13.1. The van der Waals surface area contributed by atoms with Crippen molar-refractivity contribution in [3.63, 3.8) is 0 Å². The molecule has 0 radical (unpaired) electrons. The van der Waals surface area contributed by atoms with Gasteiger partial charge in [0.2, 0.25) is 11.8 Å². The van der Waals surface area contributed by atoms with E-state index in [0.717, 1.165) is 70.3 Å². The highest BCUT2D eigenvalue weighted by Gasteiger charge is 2.37. The Morgan fingerprint density at radius 1 is 0.840 bits per heavy atom. The van der Waals surface area contributed by atoms with E-state index in [9.17, 15) is 19.2 Å². The summed E-state index contributed by atoms with van der Waals surface area (Å²) in [5, 5.41) is 8.66. The van der Waals surface area contributed by atoms with Gasteiger partial charge in [0, 0.05) is 63.0 Å². The van der Waals surface area contributed by atoms with E-state index >= 15 is 0 Å². The summed E-state index contributed by atoms with van der Waals surface area (Å²) >= 11 is 0. The van der Waals surface area contributed by atoms with Crippen molar-refractivity contribution in [2.24, 2.45) is 0 Å². The Kier molecular flexibility index (Phi) is 19.8. The number of nitrogens with one attached hydrogen (secondary N) is 3. The molecule has 0 saturated heterocycles. The van der Waals surface area contributed by atoms with E-state index < -0.39 is 6.04 Å². The molecule has 0 spiro atoms. The Balaban J connectivity index is 1.13. The zero-order valence-corrected chi connectivity index (χ0v) is 29.8. The van der Waals surface area contributed by atoms with Crippen molar-refractivity contribution in [1.82, 2.24) is 15.5 Å². The van der Waals surface area contributed by atoms with Crippen molar-refractivity contribution in [2.75, 3.05) is 65.7 Å². The quantitative estimate of drug-likeness (QED) is 0.0856. The standard InChI is InChI=1S/C38H56N4O8/c1-39-28-30-13-10-14-31(27-30)50-22-9-4-3-7-20-47-23-25-49-26-24-48-21-8-5-6-18-36(44)41-34-16-11-15-32-33(34)29-42(38(32)46)35(17-12-19-43)37(45)40-2/h10-11,13-16,19,27,35,39H,3-9,12,17-18,20-26,28-29H2,1-2H3,(H,40,45)(H,41,44). The summed E-state index contributed by atoms with van der Waals surface area (Å²) in [4.78, 5) is 50.6. The van der Waals surface area contributed by atoms with Crippen LogP contribution in [0, 0.1) is 0 Å². The fourth-order valence-corrected chi connectivity index (χ4v) is 5.76. The first kappa shape index (κ1) is 40.6. The molecule has 1 heterocycles. The van der Waals surface area contributed by atoms with Crippen LogP contribution >= 0.6 is 0 Å². The smallest absolute Gasteiger partial charge is 0.255 e. The fourth-order valence-electron chi connectivity index (χ4n) is 5.76. The molecule has 0 bridgehead atoms. The lowest BCUT2D eigenvalue weighted by Gasteiger charge is -2.25. The summed E-state index contributed by atoms with van der Waals surface area (Å²) < 4.78 is 22.8. The van der Waals surface area contributed by atoms with Crippen LogP contribution in [0.4, 0.5) is 5.69 Å². The molecule has 2 aromatic rings. The minimum Gasteiger partial charge on any atom is -0.494 e. The monoisotopic (exact) mass is 696 g/mol. The first-order chi connectivity index (χ1) is 24.5. The summed E-state index contributed by atoms with van der Waals surface area (Å²) in [6, 6.07) is 12.6. The number of ether oxygens (including phenoxy) is 4. The third-order valence-corrected chi connectivity index (χ3v) is 8.42. The van der Waals surface area contributed by atoms with E-state index in [1.165, 1.54) is 17.5 Å². The van der Waals surface area contributed by atoms with Crippen LogP contribution < -0.4 is 20.7 Å². The number of amides is 3. The van der Waals surface area contributed by atoms with Crippen LogP contribution in [-0.4, -0.2) is 95.3 Å². The lowest BCUT2D eigenvalue weighted by atomic mass is 10.1. The van der Waals surface area contributed by atoms with Gasteiger partial charge in [-0.3, -0.25) is 14.4 Å². The van der Waals surface area contributed by atoms with Crippen molar-refractivity contribution in [2.45, 2.75) is 83.3 Å². The van der Waals surface area contributed by atoms with Crippen LogP contribution in [-0.2, 0) is 41.7 Å². The number of carbonyl (C=O) groups is 4. The molecule has 1 unspecified atom stereocenters. The maximum absolute atomic E-state index is 13.1. The minimum absolute atomic E-state index is 0.128. The Hall–Kier alpha value is -3.84. The number of hydrogen-bond acceptors (Lipinski definition) is 9. The molecule has 276 valence electrons. The molecule has 1 atom stereocenters. The van der Waals surface area contributed by atoms with Gasteiger partial charge in [-0.05, 0) is 75.4 Å². The Morgan fingerprint density at radius 2 is 1.50 bits per heavy atom. The number of hydrogen-bond donors (Lipinski definition) is 3. The van der Waals surface area contributed by atoms with Gasteiger partial charge in [0.1, 0.15) is 18.1 Å². The Morgan fingerprint density at radius 3 is 2.18 bits per heavy atom. The molecule has 12 heteroatoms. The second kappa shape index (κ2) is 24.3. The number of aldehydes is 1. The van der Waals surface area contributed by atoms with Crippen molar-refractivity contribution in [3.05, 3.63) is 59.2 Å². The molecule has 3 rings (SSSR count). The lowest BCUT2D eigenvalue weighted by molar-refractivity contribution is -0.125. The zero-order valence-electron chi connectivity index (χ0n) is 29.8. The van der Waals surface area contributed by atoms with Gasteiger partial charge in [0.05, 0.1) is 33.0 Å². The predicted octanol–water partition coefficient (Wildman–Crippen LogP) is 4.64. The van der Waals surface area contributed by atoms with Gasteiger partial charge in [-0.1, -0.05) is 31.0 Å². The molecule has 0 aliphatic carbocycles. The average Bonchev–Trinajstić information content (AvgIpc) is 3.46. The van der Waals surface area contributed by atoms with E-state index in [4.69, 9.17) is 18.9 Å². The number of fused-ring (bicyclic) bond motifs is 1. The molecule has 0 fully saturated rings. The highest BCUT2D eigenvalue weighted by atomic mass is 16.5. The predicted molar refractivity (Wildman–Crippen MR) is 192 cm³/mol. The third-order valence-electron chi connectivity index (χ3n) is 8.42. The largest absolute Gasteiger partial charge is 0.494 e. The van der Waals surface area contributed by atoms with Crippen LogP contribution in [0.25, 0.3) is 0 Å². The second-order valence-corrected chi connectivity index (χ2v) is 12.3. The summed E-state index contributed by atoms with van der Waals surface area (Å²) in [5.74, 6) is 0.198. The second-order valence-electron chi connectivity index (χ2n) is 12.3. The van der Waals surface area contributed by atoms with Gasteiger partial charge in [-0.2, -0.15) is 0 Å². The highest BCUT2D eigenvalue weighted by Crippen LogP contribution is 2.32. The van der Waals surface area contributed by atoms with Crippen molar-refractivity contribution < 1.29 is 38.1 Å². The number of nitrogens with zero attached hydrogens (tertiary/aromatic N) is 1. The molecule has 2 aromatic carbocycles. The molecule has 12 nitrogen and oxygen atoms in total. The molecular weight excluding hydrogens is 640 g/mol. The minimum atomic E-state index is -0.752. The number of benzene rings is 2. The molecule has 0 saturated carbocycles. The topological polar surface area (TPSA) is 145 Å². The van der Waals surface area contributed by atoms with Gasteiger partial charge in [0.25, 0.3) is 5.91 Å². The number of carbonyl (C=O) groups excluding carboxylic acids is 4. The third kappa shape index (κ3) is 14.6. The first-order valence-corrected chi connectivity index (χ1v) is 18.0. The number of unbranched alkanes of at least 4 members (excludes halogenated alkanes) is 5. The molecule has 3 amide bonds. The highest BCUT2D eigenvalue weighted by molar-refractivity contribution is 6.04. The van der Waals surface area contributed by atoms with Gasteiger partial charge >= 0.3 is 0 Å². The van der Waals surface area contributed by atoms with Gasteiger partial charge in [-0.25, -0.2) is 0 Å². The first-order valence-electron chi connectivity index (χ1n) is 18.0. The van der Waals surface area contributed by atoms with Crippen LogP contribution in [0.2, 0.25) is 0 Å². The Labute approximate surface area is 296 Å². The molecule has 1 aliphatic heterocycles. The molecule has 50 heavy (non-hydrogen) atoms. The SMILES string of the molecule is CNCc1cccc(OCCCCCCOCCOCCOCCCCCC(=O)Nc2cccc3c2CN(C(CCC=O)C(=O)NC)C3=O)c1. The fraction of sp³-hybridized carbons (Fsp3) is 0.579. The molecule has 3 N–H and O–H groups in total. The summed E-state index contributed by atoms with van der Waals surface area (Å²) in [6.45, 7) is 5.27. The average molecular weight is 697 g/mol. The molecule has 1 aliphatic rings. The van der Waals surface area contributed by atoms with E-state index in [1.54, 1.807) is 18.2 Å². The normalized spacial score (nSPS) is 12.8. The number of rotatable bonds is 28. The van der Waals surface area contributed by atoms with Crippen molar-refractivity contribution >= 4 is 29.7 Å². The van der Waals surface area contributed by atoms with E-state index in [1.807, 2.05) is 19.2 Å². The van der Waals surface area contributed by atoms with E-state index in [2.05, 4.69) is 28.1 Å². The lowest BCUT2D eigenvalue weighted by Crippen LogP contribution is -2.46. The molecule has 0 aromatic heterocycles.